The van der Waals surface area contributed by atoms with Crippen LogP contribution in [0.3, 0.4) is 0 Å². The minimum Gasteiger partial charge on any atom is -0.147 e. The Morgan fingerprint density at radius 1 is 1.07 bits per heavy atom. The third-order valence-electron chi connectivity index (χ3n) is 2.11. The molecule has 0 fully saturated rings. The van der Waals surface area contributed by atoms with Crippen LogP contribution in [-0.2, 0) is 6.42 Å². The fourth-order valence-electron chi connectivity index (χ4n) is 1.39. The van der Waals surface area contributed by atoms with Crippen molar-refractivity contribution in [2.24, 2.45) is 0 Å². The van der Waals surface area contributed by atoms with Crippen LogP contribution in [0.15, 0.2) is 47.8 Å². The minimum atomic E-state index is 0.109. The summed E-state index contributed by atoms with van der Waals surface area (Å²) in [5.41, 5.74) is 1.29. The lowest BCUT2D eigenvalue weighted by Gasteiger charge is -2.06. The van der Waals surface area contributed by atoms with Gasteiger partial charge in [-0.2, -0.15) is 0 Å². The molecule has 0 saturated heterocycles. The van der Waals surface area contributed by atoms with Crippen LogP contribution in [0.4, 0.5) is 0 Å². The molecule has 2 aromatic rings. The van der Waals surface area contributed by atoms with Crippen molar-refractivity contribution in [2.45, 2.75) is 11.8 Å². The fourth-order valence-corrected chi connectivity index (χ4v) is 2.50. The van der Waals surface area contributed by atoms with E-state index in [4.69, 9.17) is 11.6 Å². The Bertz CT molecular complexity index is 366. The van der Waals surface area contributed by atoms with Crippen molar-refractivity contribution < 1.29 is 0 Å². The first kappa shape index (κ1) is 9.75. The predicted octanol–water partition coefficient (Wildman–Crippen LogP) is 4.27. The van der Waals surface area contributed by atoms with E-state index in [9.17, 15) is 0 Å². The number of halogens is 1. The highest BCUT2D eigenvalue weighted by molar-refractivity contribution is 7.10. The van der Waals surface area contributed by atoms with Crippen molar-refractivity contribution in [3.05, 3.63) is 58.3 Å². The van der Waals surface area contributed by atoms with Crippen LogP contribution in [0.2, 0.25) is 0 Å². The van der Waals surface area contributed by atoms with Crippen LogP contribution < -0.4 is 0 Å². The second-order valence-electron chi connectivity index (χ2n) is 3.17. The normalized spacial score (nSPS) is 12.6. The van der Waals surface area contributed by atoms with Crippen molar-refractivity contribution in [1.82, 2.24) is 0 Å². The van der Waals surface area contributed by atoms with E-state index in [1.54, 1.807) is 11.3 Å². The first-order chi connectivity index (χ1) is 6.86. The van der Waals surface area contributed by atoms with Gasteiger partial charge in [-0.25, -0.2) is 0 Å². The minimum absolute atomic E-state index is 0.109. The molecule has 14 heavy (non-hydrogen) atoms. The van der Waals surface area contributed by atoms with Gasteiger partial charge >= 0.3 is 0 Å². The maximum Gasteiger partial charge on any atom is 0.0718 e. The summed E-state index contributed by atoms with van der Waals surface area (Å²) in [6, 6.07) is 14.5. The van der Waals surface area contributed by atoms with Crippen LogP contribution in [0, 0.1) is 0 Å². The summed E-state index contributed by atoms with van der Waals surface area (Å²) in [6.07, 6.45) is 0.906. The lowest BCUT2D eigenvalue weighted by Crippen LogP contribution is -1.92. The molecule has 2 heteroatoms. The van der Waals surface area contributed by atoms with Crippen molar-refractivity contribution in [3.63, 3.8) is 0 Å². The molecular weight excluding hydrogens is 212 g/mol. The van der Waals surface area contributed by atoms with E-state index in [0.29, 0.717) is 0 Å². The summed E-state index contributed by atoms with van der Waals surface area (Å²) in [7, 11) is 0. The summed E-state index contributed by atoms with van der Waals surface area (Å²) in [6.45, 7) is 0. The van der Waals surface area contributed by atoms with Gasteiger partial charge in [0.1, 0.15) is 0 Å². The Labute approximate surface area is 93.2 Å². The first-order valence-electron chi connectivity index (χ1n) is 4.57. The number of hydrogen-bond donors (Lipinski definition) is 0. The van der Waals surface area contributed by atoms with Gasteiger partial charge in [-0.3, -0.25) is 0 Å². The smallest absolute Gasteiger partial charge is 0.0718 e. The van der Waals surface area contributed by atoms with E-state index in [1.165, 1.54) is 10.4 Å². The molecule has 2 rings (SSSR count). The standard InChI is InChI=1S/C12H11ClS/c13-11(12-7-4-8-14-12)9-10-5-2-1-3-6-10/h1-8,11H,9H2. The van der Waals surface area contributed by atoms with Gasteiger partial charge in [0.2, 0.25) is 0 Å². The molecule has 0 radical (unpaired) electrons. The van der Waals surface area contributed by atoms with Gasteiger partial charge < -0.3 is 0 Å². The Kier molecular flexibility index (Phi) is 3.22. The van der Waals surface area contributed by atoms with E-state index >= 15 is 0 Å². The summed E-state index contributed by atoms with van der Waals surface area (Å²) in [5, 5.41) is 2.17. The van der Waals surface area contributed by atoms with Gasteiger partial charge in [-0.15, -0.1) is 22.9 Å². The molecule has 0 N–H and O–H groups in total. The van der Waals surface area contributed by atoms with E-state index in [2.05, 4.69) is 23.6 Å². The van der Waals surface area contributed by atoms with E-state index in [1.807, 2.05) is 24.3 Å². The highest BCUT2D eigenvalue weighted by atomic mass is 35.5. The van der Waals surface area contributed by atoms with Crippen LogP contribution >= 0.6 is 22.9 Å². The Hall–Kier alpha value is -0.790. The van der Waals surface area contributed by atoms with E-state index in [-0.39, 0.29) is 5.38 Å². The molecule has 1 atom stereocenters. The van der Waals surface area contributed by atoms with Crippen molar-refractivity contribution in [2.75, 3.05) is 0 Å². The molecule has 0 aliphatic heterocycles. The number of benzene rings is 1. The van der Waals surface area contributed by atoms with Gasteiger partial charge in [0.05, 0.1) is 5.38 Å². The summed E-state index contributed by atoms with van der Waals surface area (Å²) < 4.78 is 0. The van der Waals surface area contributed by atoms with Crippen molar-refractivity contribution in [3.8, 4) is 0 Å². The molecule has 1 unspecified atom stereocenters. The van der Waals surface area contributed by atoms with Crippen molar-refractivity contribution in [1.29, 1.82) is 0 Å². The van der Waals surface area contributed by atoms with Crippen molar-refractivity contribution >= 4 is 22.9 Å². The number of rotatable bonds is 3. The Morgan fingerprint density at radius 2 is 1.86 bits per heavy atom. The number of hydrogen-bond acceptors (Lipinski definition) is 1. The quantitative estimate of drug-likeness (QED) is 0.681. The van der Waals surface area contributed by atoms with Crippen LogP contribution in [0.25, 0.3) is 0 Å². The maximum absolute atomic E-state index is 6.29. The number of thiophene rings is 1. The van der Waals surface area contributed by atoms with Gasteiger partial charge in [-0.1, -0.05) is 36.4 Å². The average molecular weight is 223 g/mol. The summed E-state index contributed by atoms with van der Waals surface area (Å²) in [4.78, 5) is 1.25. The van der Waals surface area contributed by atoms with E-state index < -0.39 is 0 Å². The SMILES string of the molecule is ClC(Cc1ccccc1)c1cccs1. The Morgan fingerprint density at radius 3 is 2.50 bits per heavy atom. The second-order valence-corrected chi connectivity index (χ2v) is 4.68. The summed E-state index contributed by atoms with van der Waals surface area (Å²) >= 11 is 8.01. The zero-order valence-corrected chi connectivity index (χ0v) is 9.26. The predicted molar refractivity (Wildman–Crippen MR) is 63.1 cm³/mol. The molecule has 0 aliphatic carbocycles. The van der Waals surface area contributed by atoms with E-state index in [0.717, 1.165) is 6.42 Å². The third kappa shape index (κ3) is 2.37. The molecule has 0 aliphatic rings. The number of alkyl halides is 1. The Balaban J connectivity index is 2.06. The van der Waals surface area contributed by atoms with Gasteiger partial charge in [-0.05, 0) is 23.4 Å². The van der Waals surface area contributed by atoms with Crippen LogP contribution in [-0.4, -0.2) is 0 Å². The molecule has 72 valence electrons. The lowest BCUT2D eigenvalue weighted by atomic mass is 10.1. The third-order valence-corrected chi connectivity index (χ3v) is 3.61. The molecule has 1 aromatic carbocycles. The topological polar surface area (TPSA) is 0 Å². The zero-order chi connectivity index (χ0) is 9.80. The largest absolute Gasteiger partial charge is 0.147 e. The highest BCUT2D eigenvalue weighted by Crippen LogP contribution is 2.28. The van der Waals surface area contributed by atoms with Gasteiger partial charge in [0, 0.05) is 4.88 Å². The molecule has 0 amide bonds. The van der Waals surface area contributed by atoms with Gasteiger partial charge in [0.15, 0.2) is 0 Å². The fraction of sp³-hybridized carbons (Fsp3) is 0.167. The highest BCUT2D eigenvalue weighted by Gasteiger charge is 2.08. The maximum atomic E-state index is 6.29. The molecule has 0 nitrogen and oxygen atoms in total. The molecule has 1 aromatic heterocycles. The molecular formula is C12H11ClS. The molecule has 0 spiro atoms. The second kappa shape index (κ2) is 4.63. The molecule has 0 saturated carbocycles. The zero-order valence-electron chi connectivity index (χ0n) is 7.69. The first-order valence-corrected chi connectivity index (χ1v) is 5.89. The van der Waals surface area contributed by atoms with Crippen LogP contribution in [0.5, 0.6) is 0 Å². The molecule has 1 heterocycles. The van der Waals surface area contributed by atoms with Gasteiger partial charge in [0.25, 0.3) is 0 Å². The summed E-state index contributed by atoms with van der Waals surface area (Å²) in [5.74, 6) is 0. The molecule has 0 bridgehead atoms. The monoisotopic (exact) mass is 222 g/mol. The lowest BCUT2D eigenvalue weighted by molar-refractivity contribution is 0.940. The van der Waals surface area contributed by atoms with Crippen LogP contribution in [0.1, 0.15) is 15.8 Å². The average Bonchev–Trinajstić information content (AvgIpc) is 2.72.